The zero-order chi connectivity index (χ0) is 9.84. The van der Waals surface area contributed by atoms with E-state index in [1.54, 1.807) is 0 Å². The fourth-order valence-electron chi connectivity index (χ4n) is 1.36. The molecule has 0 aromatic carbocycles. The van der Waals surface area contributed by atoms with Gasteiger partial charge in [0, 0.05) is 19.1 Å². The second-order valence-corrected chi connectivity index (χ2v) is 3.04. The molecule has 1 unspecified atom stereocenters. The van der Waals surface area contributed by atoms with Gasteiger partial charge in [-0.2, -0.15) is 0 Å². The molecule has 1 aliphatic heterocycles. The van der Waals surface area contributed by atoms with Crippen LogP contribution in [0.3, 0.4) is 0 Å². The number of hydrogen-bond donors (Lipinski definition) is 3. The van der Waals surface area contributed by atoms with Crippen LogP contribution in [0.2, 0.25) is 0 Å². The SMILES string of the molecule is NCC(=O)NC1CCN(C(N)=O)C1. The molecule has 0 aromatic heterocycles. The maximum Gasteiger partial charge on any atom is 0.314 e. The van der Waals surface area contributed by atoms with Crippen LogP contribution < -0.4 is 16.8 Å². The van der Waals surface area contributed by atoms with Crippen LogP contribution in [-0.2, 0) is 4.79 Å². The summed E-state index contributed by atoms with van der Waals surface area (Å²) < 4.78 is 0. The highest BCUT2D eigenvalue weighted by Gasteiger charge is 2.25. The third-order valence-electron chi connectivity index (χ3n) is 2.05. The number of nitrogens with two attached hydrogens (primary N) is 2. The Morgan fingerprint density at radius 1 is 1.54 bits per heavy atom. The van der Waals surface area contributed by atoms with Gasteiger partial charge in [-0.15, -0.1) is 0 Å². The largest absolute Gasteiger partial charge is 0.351 e. The van der Waals surface area contributed by atoms with Crippen molar-refractivity contribution < 1.29 is 9.59 Å². The molecule has 1 aliphatic rings. The van der Waals surface area contributed by atoms with Gasteiger partial charge in [0.2, 0.25) is 5.91 Å². The van der Waals surface area contributed by atoms with Gasteiger partial charge in [0.05, 0.1) is 6.54 Å². The zero-order valence-corrected chi connectivity index (χ0v) is 7.32. The number of nitrogens with zero attached hydrogens (tertiary/aromatic N) is 1. The van der Waals surface area contributed by atoms with Gasteiger partial charge in [0.1, 0.15) is 0 Å². The van der Waals surface area contributed by atoms with Crippen LogP contribution in [0.4, 0.5) is 4.79 Å². The number of primary amides is 1. The molecule has 1 atom stereocenters. The first-order chi connectivity index (χ1) is 6.13. The highest BCUT2D eigenvalue weighted by Crippen LogP contribution is 2.07. The van der Waals surface area contributed by atoms with E-state index in [9.17, 15) is 9.59 Å². The van der Waals surface area contributed by atoms with Gasteiger partial charge in [-0.3, -0.25) is 4.79 Å². The smallest absolute Gasteiger partial charge is 0.314 e. The van der Waals surface area contributed by atoms with Gasteiger partial charge in [-0.05, 0) is 6.42 Å². The summed E-state index contributed by atoms with van der Waals surface area (Å²) >= 11 is 0. The van der Waals surface area contributed by atoms with Crippen LogP contribution in [0.1, 0.15) is 6.42 Å². The van der Waals surface area contributed by atoms with Crippen LogP contribution in [0, 0.1) is 0 Å². The summed E-state index contributed by atoms with van der Waals surface area (Å²) in [5.74, 6) is -0.198. The first-order valence-electron chi connectivity index (χ1n) is 4.17. The maximum atomic E-state index is 10.9. The minimum atomic E-state index is -0.440. The van der Waals surface area contributed by atoms with Crippen LogP contribution >= 0.6 is 0 Å². The third kappa shape index (κ3) is 2.59. The molecule has 0 aromatic rings. The Bertz CT molecular complexity index is 219. The van der Waals surface area contributed by atoms with Crippen molar-refractivity contribution in [2.24, 2.45) is 11.5 Å². The molecule has 0 saturated carbocycles. The molecular formula is C7H14N4O2. The lowest BCUT2D eigenvalue weighted by molar-refractivity contribution is -0.120. The molecule has 74 valence electrons. The summed E-state index contributed by atoms with van der Waals surface area (Å²) in [6.45, 7) is 1.07. The second kappa shape index (κ2) is 4.08. The maximum absolute atomic E-state index is 10.9. The Balaban J connectivity index is 2.33. The molecule has 1 rings (SSSR count). The topological polar surface area (TPSA) is 101 Å². The van der Waals surface area contributed by atoms with Crippen LogP contribution in [0.25, 0.3) is 0 Å². The Morgan fingerprint density at radius 3 is 2.69 bits per heavy atom. The van der Waals surface area contributed by atoms with E-state index in [1.165, 1.54) is 4.90 Å². The molecule has 0 aliphatic carbocycles. The molecule has 0 bridgehead atoms. The van der Waals surface area contributed by atoms with Gasteiger partial charge in [0.15, 0.2) is 0 Å². The van der Waals surface area contributed by atoms with Crippen molar-refractivity contribution in [3.8, 4) is 0 Å². The van der Waals surface area contributed by atoms with E-state index in [-0.39, 0.29) is 18.5 Å². The molecule has 13 heavy (non-hydrogen) atoms. The highest BCUT2D eigenvalue weighted by molar-refractivity contribution is 5.78. The first kappa shape index (κ1) is 9.79. The number of likely N-dealkylation sites (tertiary alicyclic amines) is 1. The van der Waals surface area contributed by atoms with E-state index in [0.29, 0.717) is 13.1 Å². The highest BCUT2D eigenvalue weighted by atomic mass is 16.2. The van der Waals surface area contributed by atoms with Gasteiger partial charge in [0.25, 0.3) is 0 Å². The lowest BCUT2D eigenvalue weighted by Crippen LogP contribution is -2.42. The third-order valence-corrected chi connectivity index (χ3v) is 2.05. The van der Waals surface area contributed by atoms with Crippen LogP contribution in [0.5, 0.6) is 0 Å². The summed E-state index contributed by atoms with van der Waals surface area (Å²) in [5.41, 5.74) is 10.2. The standard InChI is InChI=1S/C7H14N4O2/c8-3-6(12)10-5-1-2-11(4-5)7(9)13/h5H,1-4,8H2,(H2,9,13)(H,10,12). The number of amides is 3. The average molecular weight is 186 g/mol. The molecule has 1 saturated heterocycles. The Labute approximate surface area is 76.2 Å². The van der Waals surface area contributed by atoms with Crippen molar-refractivity contribution in [3.05, 3.63) is 0 Å². The number of nitrogens with one attached hydrogen (secondary N) is 1. The predicted molar refractivity (Wildman–Crippen MR) is 46.8 cm³/mol. The lowest BCUT2D eigenvalue weighted by Gasteiger charge is -2.13. The molecule has 0 radical (unpaired) electrons. The van der Waals surface area contributed by atoms with Crippen LogP contribution in [-0.4, -0.2) is 42.5 Å². The summed E-state index contributed by atoms with van der Waals surface area (Å²) in [5, 5.41) is 2.70. The monoisotopic (exact) mass is 186 g/mol. The number of hydrogen-bond acceptors (Lipinski definition) is 3. The average Bonchev–Trinajstić information content (AvgIpc) is 2.52. The fourth-order valence-corrected chi connectivity index (χ4v) is 1.36. The molecule has 6 heteroatoms. The van der Waals surface area contributed by atoms with Gasteiger partial charge in [-0.25, -0.2) is 4.79 Å². The van der Waals surface area contributed by atoms with E-state index in [2.05, 4.69) is 5.32 Å². The van der Waals surface area contributed by atoms with Gasteiger partial charge >= 0.3 is 6.03 Å². The van der Waals surface area contributed by atoms with E-state index in [4.69, 9.17) is 11.5 Å². The minimum Gasteiger partial charge on any atom is -0.351 e. The minimum absolute atomic E-state index is 0.00329. The van der Waals surface area contributed by atoms with E-state index >= 15 is 0 Å². The molecule has 1 heterocycles. The van der Waals surface area contributed by atoms with E-state index in [0.717, 1.165) is 6.42 Å². The summed E-state index contributed by atoms with van der Waals surface area (Å²) in [6.07, 6.45) is 0.745. The van der Waals surface area contributed by atoms with Crippen molar-refractivity contribution in [3.63, 3.8) is 0 Å². The van der Waals surface area contributed by atoms with Crippen molar-refractivity contribution in [2.75, 3.05) is 19.6 Å². The van der Waals surface area contributed by atoms with Crippen molar-refractivity contribution in [2.45, 2.75) is 12.5 Å². The van der Waals surface area contributed by atoms with Gasteiger partial charge < -0.3 is 21.7 Å². The van der Waals surface area contributed by atoms with Crippen molar-refractivity contribution >= 4 is 11.9 Å². The normalized spacial score (nSPS) is 21.6. The van der Waals surface area contributed by atoms with Crippen molar-refractivity contribution in [1.29, 1.82) is 0 Å². The molecule has 3 amide bonds. The van der Waals surface area contributed by atoms with E-state index in [1.807, 2.05) is 0 Å². The van der Waals surface area contributed by atoms with E-state index < -0.39 is 6.03 Å². The van der Waals surface area contributed by atoms with Crippen molar-refractivity contribution in [1.82, 2.24) is 10.2 Å². The zero-order valence-electron chi connectivity index (χ0n) is 7.32. The summed E-state index contributed by atoms with van der Waals surface area (Å²) in [6, 6.07) is -0.437. The Morgan fingerprint density at radius 2 is 2.23 bits per heavy atom. The summed E-state index contributed by atoms with van der Waals surface area (Å²) in [4.78, 5) is 23.1. The lowest BCUT2D eigenvalue weighted by atomic mass is 10.2. The Hall–Kier alpha value is -1.30. The second-order valence-electron chi connectivity index (χ2n) is 3.04. The number of carbonyl (C=O) groups excluding carboxylic acids is 2. The number of urea groups is 1. The quantitative estimate of drug-likeness (QED) is 0.475. The Kier molecular flexibility index (Phi) is 3.07. The molecule has 6 nitrogen and oxygen atoms in total. The molecular weight excluding hydrogens is 172 g/mol. The molecule has 1 fully saturated rings. The number of rotatable bonds is 2. The molecule has 5 N–H and O–H groups in total. The predicted octanol–water partition coefficient (Wildman–Crippen LogP) is -1.79. The molecule has 0 spiro atoms. The summed E-state index contributed by atoms with van der Waals surface area (Å²) in [7, 11) is 0. The van der Waals surface area contributed by atoms with Crippen LogP contribution in [0.15, 0.2) is 0 Å². The van der Waals surface area contributed by atoms with Gasteiger partial charge in [-0.1, -0.05) is 0 Å². The first-order valence-corrected chi connectivity index (χ1v) is 4.17. The number of carbonyl (C=O) groups is 2. The fraction of sp³-hybridized carbons (Fsp3) is 0.714.